The average Bonchev–Trinajstić information content (AvgIpc) is 1.65. The Morgan fingerprint density at radius 3 is 2.38 bits per heavy atom. The molecule has 0 aliphatic carbocycles. The van der Waals surface area contributed by atoms with Gasteiger partial charge in [-0.05, 0) is 29.5 Å². The first-order valence-electron chi connectivity index (χ1n) is 2.05. The Hall–Kier alpha value is 0. The molecule has 0 aliphatic heterocycles. The van der Waals surface area contributed by atoms with E-state index in [2.05, 4.69) is 9.47 Å². The van der Waals surface area contributed by atoms with Gasteiger partial charge < -0.3 is 9.47 Å². The van der Waals surface area contributed by atoms with E-state index in [-0.39, 0.29) is 4.11 Å². The second kappa shape index (κ2) is 3.94. The molecule has 1 atom stereocenters. The van der Waals surface area contributed by atoms with Crippen LogP contribution in [-0.2, 0) is 9.47 Å². The van der Waals surface area contributed by atoms with Gasteiger partial charge >= 0.3 is 6.16 Å². The fourth-order valence-electron chi connectivity index (χ4n) is 0.181. The van der Waals surface area contributed by atoms with Crippen LogP contribution in [0.1, 0.15) is 6.92 Å². The Kier molecular flexibility index (Phi) is 3.94. The third-order valence-electron chi connectivity index (χ3n) is 0.425. The molecule has 3 nitrogen and oxygen atoms in total. The van der Waals surface area contributed by atoms with Gasteiger partial charge in [-0.3, -0.25) is 0 Å². The van der Waals surface area contributed by atoms with Gasteiger partial charge in [0.15, 0.2) is 4.11 Å². The first kappa shape index (κ1) is 8.00. The van der Waals surface area contributed by atoms with E-state index in [1.54, 1.807) is 6.92 Å². The standard InChI is InChI=1S/C4H7IO3/c1-3(5)8-4(6)7-2/h3H,1-2H3. The maximum atomic E-state index is 10.2. The molecule has 4 heteroatoms. The van der Waals surface area contributed by atoms with E-state index in [4.69, 9.17) is 0 Å². The molecular formula is C4H7IO3. The van der Waals surface area contributed by atoms with E-state index < -0.39 is 6.16 Å². The molecule has 0 rings (SSSR count). The lowest BCUT2D eigenvalue weighted by Gasteiger charge is -2.02. The van der Waals surface area contributed by atoms with Gasteiger partial charge in [0.1, 0.15) is 0 Å². The predicted octanol–water partition coefficient (Wildman–Crippen LogP) is 1.55. The molecule has 0 saturated heterocycles. The van der Waals surface area contributed by atoms with Crippen molar-refractivity contribution in [2.45, 2.75) is 11.0 Å². The molecule has 0 heterocycles. The molecule has 0 aromatic rings. The van der Waals surface area contributed by atoms with Crippen LogP contribution < -0.4 is 0 Å². The summed E-state index contributed by atoms with van der Waals surface area (Å²) in [7, 11) is 1.28. The lowest BCUT2D eigenvalue weighted by atomic mass is 10.9. The highest BCUT2D eigenvalue weighted by molar-refractivity contribution is 14.1. The molecule has 0 bridgehead atoms. The minimum absolute atomic E-state index is 0.125. The Labute approximate surface area is 61.5 Å². The first-order valence-corrected chi connectivity index (χ1v) is 3.30. The van der Waals surface area contributed by atoms with Gasteiger partial charge in [-0.1, -0.05) is 0 Å². The van der Waals surface area contributed by atoms with Crippen molar-refractivity contribution >= 4 is 28.7 Å². The molecule has 0 amide bonds. The summed E-state index contributed by atoms with van der Waals surface area (Å²) in [4.78, 5) is 10.2. The van der Waals surface area contributed by atoms with Crippen LogP contribution >= 0.6 is 22.6 Å². The molecule has 0 saturated carbocycles. The van der Waals surface area contributed by atoms with Crippen molar-refractivity contribution in [3.05, 3.63) is 0 Å². The zero-order chi connectivity index (χ0) is 6.57. The maximum Gasteiger partial charge on any atom is 0.509 e. The number of methoxy groups -OCH3 is 1. The number of halogens is 1. The number of carbonyl (C=O) groups excluding carboxylic acids is 1. The normalized spacial score (nSPS) is 12.4. The minimum Gasteiger partial charge on any atom is -0.438 e. The summed E-state index contributed by atoms with van der Waals surface area (Å²) in [6, 6.07) is 0. The molecule has 1 unspecified atom stereocenters. The molecule has 8 heavy (non-hydrogen) atoms. The number of hydrogen-bond donors (Lipinski definition) is 0. The van der Waals surface area contributed by atoms with Crippen LogP contribution in [0.5, 0.6) is 0 Å². The Morgan fingerprint density at radius 1 is 1.75 bits per heavy atom. The predicted molar refractivity (Wildman–Crippen MR) is 37.0 cm³/mol. The van der Waals surface area contributed by atoms with Crippen LogP contribution in [0, 0.1) is 0 Å². The van der Waals surface area contributed by atoms with Crippen molar-refractivity contribution < 1.29 is 14.3 Å². The molecule has 0 aliphatic rings. The highest BCUT2D eigenvalue weighted by atomic mass is 127. The Bertz CT molecular complexity index is 81.4. The van der Waals surface area contributed by atoms with Gasteiger partial charge in [0, 0.05) is 0 Å². The van der Waals surface area contributed by atoms with Crippen molar-refractivity contribution in [3.63, 3.8) is 0 Å². The van der Waals surface area contributed by atoms with Gasteiger partial charge in [0.25, 0.3) is 0 Å². The summed E-state index contributed by atoms with van der Waals surface area (Å²) >= 11 is 1.96. The van der Waals surface area contributed by atoms with Crippen molar-refractivity contribution in [2.24, 2.45) is 0 Å². The minimum atomic E-state index is -0.633. The van der Waals surface area contributed by atoms with Gasteiger partial charge in [0.2, 0.25) is 0 Å². The van der Waals surface area contributed by atoms with Gasteiger partial charge in [-0.2, -0.15) is 0 Å². The van der Waals surface area contributed by atoms with Crippen molar-refractivity contribution in [1.82, 2.24) is 0 Å². The van der Waals surface area contributed by atoms with Gasteiger partial charge in [0.05, 0.1) is 7.11 Å². The molecule has 0 radical (unpaired) electrons. The molecule has 0 N–H and O–H groups in total. The highest BCUT2D eigenvalue weighted by Crippen LogP contribution is 2.00. The summed E-state index contributed by atoms with van der Waals surface area (Å²) < 4.78 is 8.59. The van der Waals surface area contributed by atoms with Gasteiger partial charge in [-0.15, -0.1) is 0 Å². The number of ether oxygens (including phenoxy) is 2. The highest BCUT2D eigenvalue weighted by Gasteiger charge is 2.02. The number of carbonyl (C=O) groups is 1. The van der Waals surface area contributed by atoms with E-state index in [1.165, 1.54) is 7.11 Å². The van der Waals surface area contributed by atoms with Crippen molar-refractivity contribution in [1.29, 1.82) is 0 Å². The zero-order valence-electron chi connectivity index (χ0n) is 4.68. The maximum absolute atomic E-state index is 10.2. The van der Waals surface area contributed by atoms with E-state index in [0.717, 1.165) is 0 Å². The van der Waals surface area contributed by atoms with Crippen LogP contribution in [0.4, 0.5) is 4.79 Å². The monoisotopic (exact) mass is 230 g/mol. The lowest BCUT2D eigenvalue weighted by molar-refractivity contribution is 0.0724. The molecular weight excluding hydrogens is 223 g/mol. The zero-order valence-corrected chi connectivity index (χ0v) is 6.84. The number of alkyl halides is 1. The van der Waals surface area contributed by atoms with Crippen LogP contribution in [0.3, 0.4) is 0 Å². The third kappa shape index (κ3) is 4.17. The number of hydrogen-bond acceptors (Lipinski definition) is 3. The average molecular weight is 230 g/mol. The molecule has 0 aromatic heterocycles. The van der Waals surface area contributed by atoms with E-state index in [9.17, 15) is 4.79 Å². The topological polar surface area (TPSA) is 35.5 Å². The van der Waals surface area contributed by atoms with Crippen molar-refractivity contribution in [3.8, 4) is 0 Å². The summed E-state index contributed by atoms with van der Waals surface area (Å²) in [5.41, 5.74) is 0. The third-order valence-corrected chi connectivity index (χ3v) is 0.680. The molecule has 0 aromatic carbocycles. The Balaban J connectivity index is 3.25. The van der Waals surface area contributed by atoms with Crippen LogP contribution in [0.2, 0.25) is 0 Å². The first-order chi connectivity index (χ1) is 3.66. The van der Waals surface area contributed by atoms with Gasteiger partial charge in [-0.25, -0.2) is 4.79 Å². The molecule has 0 spiro atoms. The fourth-order valence-corrected chi connectivity index (χ4v) is 0.388. The van der Waals surface area contributed by atoms with E-state index in [0.29, 0.717) is 0 Å². The molecule has 0 fully saturated rings. The largest absolute Gasteiger partial charge is 0.509 e. The van der Waals surface area contributed by atoms with E-state index >= 15 is 0 Å². The van der Waals surface area contributed by atoms with Crippen LogP contribution in [-0.4, -0.2) is 17.4 Å². The second-order valence-corrected chi connectivity index (χ2v) is 2.87. The summed E-state index contributed by atoms with van der Waals surface area (Å²) in [6.07, 6.45) is -0.633. The Morgan fingerprint density at radius 2 is 2.25 bits per heavy atom. The fraction of sp³-hybridized carbons (Fsp3) is 0.750. The SMILES string of the molecule is COC(=O)OC(C)I. The smallest absolute Gasteiger partial charge is 0.438 e. The quantitative estimate of drug-likeness (QED) is 0.389. The van der Waals surface area contributed by atoms with E-state index in [1.807, 2.05) is 22.6 Å². The second-order valence-electron chi connectivity index (χ2n) is 1.11. The number of rotatable bonds is 1. The van der Waals surface area contributed by atoms with Crippen LogP contribution in [0.25, 0.3) is 0 Å². The van der Waals surface area contributed by atoms with Crippen LogP contribution in [0.15, 0.2) is 0 Å². The summed E-state index contributed by atoms with van der Waals surface area (Å²) in [5, 5.41) is 0. The molecule has 48 valence electrons. The summed E-state index contributed by atoms with van der Waals surface area (Å²) in [5.74, 6) is 0. The summed E-state index contributed by atoms with van der Waals surface area (Å²) in [6.45, 7) is 1.75. The van der Waals surface area contributed by atoms with Crippen molar-refractivity contribution in [2.75, 3.05) is 7.11 Å². The lowest BCUT2D eigenvalue weighted by Crippen LogP contribution is -2.07.